The fourth-order valence-electron chi connectivity index (χ4n) is 5.81. The van der Waals surface area contributed by atoms with E-state index in [4.69, 9.17) is 33.2 Å². The van der Waals surface area contributed by atoms with Gasteiger partial charge in [0.1, 0.15) is 28.7 Å². The Balaban J connectivity index is 1.76. The van der Waals surface area contributed by atoms with Crippen LogP contribution < -0.4 is 33.2 Å². The van der Waals surface area contributed by atoms with Gasteiger partial charge in [0.15, 0.2) is 11.5 Å². The standard InChI is InChI=1S/C35H38O7S/c1-36-24-11-8-21(9-12-24)20-43-35-28-17-26(38-3)19-32(42-7)34(28)27(22-10-13-29(39-4)30(16-22)40-5)15-23-14-25(37-2)18-31(41-6)33(23)35/h8-14,16-19,27,35H,15,20H2,1-7H3. The number of thioether (sulfide) groups is 1. The first kappa shape index (κ1) is 30.3. The minimum absolute atomic E-state index is 0.0715. The van der Waals surface area contributed by atoms with Gasteiger partial charge in [-0.1, -0.05) is 18.2 Å². The fraction of sp³-hybridized carbons (Fsp3) is 0.314. The van der Waals surface area contributed by atoms with Crippen LogP contribution in [0.5, 0.6) is 40.2 Å². The highest BCUT2D eigenvalue weighted by atomic mass is 32.2. The van der Waals surface area contributed by atoms with Gasteiger partial charge in [0, 0.05) is 34.9 Å². The zero-order valence-electron chi connectivity index (χ0n) is 25.7. The lowest BCUT2D eigenvalue weighted by molar-refractivity contribution is 0.354. The number of hydrogen-bond acceptors (Lipinski definition) is 8. The molecule has 0 N–H and O–H groups in total. The van der Waals surface area contributed by atoms with Crippen LogP contribution >= 0.6 is 11.8 Å². The molecule has 0 radical (unpaired) electrons. The highest BCUT2D eigenvalue weighted by Gasteiger charge is 2.36. The van der Waals surface area contributed by atoms with Crippen molar-refractivity contribution in [1.29, 1.82) is 0 Å². The molecule has 8 heteroatoms. The first-order valence-corrected chi connectivity index (χ1v) is 15.0. The summed E-state index contributed by atoms with van der Waals surface area (Å²) in [6.45, 7) is 0. The van der Waals surface area contributed by atoms with Crippen molar-refractivity contribution in [2.45, 2.75) is 23.3 Å². The van der Waals surface area contributed by atoms with E-state index in [-0.39, 0.29) is 11.2 Å². The Morgan fingerprint density at radius 2 is 1.16 bits per heavy atom. The molecule has 2 unspecified atom stereocenters. The Labute approximate surface area is 258 Å². The molecule has 7 nitrogen and oxygen atoms in total. The van der Waals surface area contributed by atoms with Crippen molar-refractivity contribution in [3.05, 3.63) is 100 Å². The van der Waals surface area contributed by atoms with Gasteiger partial charge >= 0.3 is 0 Å². The molecular weight excluding hydrogens is 564 g/mol. The predicted octanol–water partition coefficient (Wildman–Crippen LogP) is 7.46. The maximum atomic E-state index is 6.09. The molecule has 0 spiro atoms. The molecule has 0 aliphatic heterocycles. The maximum absolute atomic E-state index is 6.09. The van der Waals surface area contributed by atoms with Crippen molar-refractivity contribution < 1.29 is 33.2 Å². The van der Waals surface area contributed by atoms with Crippen molar-refractivity contribution in [2.75, 3.05) is 49.8 Å². The second-order valence-corrected chi connectivity index (χ2v) is 11.2. The maximum Gasteiger partial charge on any atom is 0.161 e. The summed E-state index contributed by atoms with van der Waals surface area (Å²) in [5.41, 5.74) is 6.73. The number of ether oxygens (including phenoxy) is 7. The van der Waals surface area contributed by atoms with E-state index >= 15 is 0 Å². The molecule has 1 aliphatic carbocycles. The van der Waals surface area contributed by atoms with Gasteiger partial charge in [-0.15, -0.1) is 11.8 Å². The summed E-state index contributed by atoms with van der Waals surface area (Å²) >= 11 is 1.84. The van der Waals surface area contributed by atoms with Crippen LogP contribution in [-0.2, 0) is 12.2 Å². The molecule has 2 atom stereocenters. The minimum Gasteiger partial charge on any atom is -0.497 e. The second-order valence-electron chi connectivity index (χ2n) is 10.1. The summed E-state index contributed by atoms with van der Waals surface area (Å²) in [6, 6.07) is 22.5. The normalized spacial score (nSPS) is 15.4. The van der Waals surface area contributed by atoms with Crippen LogP contribution in [0, 0.1) is 0 Å². The van der Waals surface area contributed by atoms with Crippen molar-refractivity contribution in [2.24, 2.45) is 0 Å². The van der Waals surface area contributed by atoms with E-state index in [9.17, 15) is 0 Å². The molecule has 226 valence electrons. The first-order chi connectivity index (χ1) is 21.0. The third-order valence-corrected chi connectivity index (χ3v) is 9.29. The molecule has 5 rings (SSSR count). The zero-order valence-corrected chi connectivity index (χ0v) is 26.5. The van der Waals surface area contributed by atoms with E-state index < -0.39 is 0 Å². The van der Waals surface area contributed by atoms with Crippen LogP contribution in [0.2, 0.25) is 0 Å². The third-order valence-electron chi connectivity index (χ3n) is 7.96. The molecule has 0 amide bonds. The zero-order chi connectivity index (χ0) is 30.5. The highest BCUT2D eigenvalue weighted by molar-refractivity contribution is 7.99. The van der Waals surface area contributed by atoms with Crippen LogP contribution in [0.25, 0.3) is 0 Å². The van der Waals surface area contributed by atoms with E-state index in [0.29, 0.717) is 17.9 Å². The quantitative estimate of drug-likeness (QED) is 0.175. The highest BCUT2D eigenvalue weighted by Crippen LogP contribution is 2.54. The largest absolute Gasteiger partial charge is 0.497 e. The number of benzene rings is 4. The summed E-state index contributed by atoms with van der Waals surface area (Å²) in [4.78, 5) is 0. The first-order valence-electron chi connectivity index (χ1n) is 13.9. The predicted molar refractivity (Wildman–Crippen MR) is 170 cm³/mol. The molecule has 0 heterocycles. The van der Waals surface area contributed by atoms with Crippen LogP contribution in [0.4, 0.5) is 0 Å². The van der Waals surface area contributed by atoms with Gasteiger partial charge in [0.2, 0.25) is 0 Å². The lowest BCUT2D eigenvalue weighted by atomic mass is 9.84. The van der Waals surface area contributed by atoms with Crippen LogP contribution in [0.3, 0.4) is 0 Å². The van der Waals surface area contributed by atoms with E-state index in [1.54, 1.807) is 49.8 Å². The molecule has 0 saturated heterocycles. The van der Waals surface area contributed by atoms with Gasteiger partial charge in [0.05, 0.1) is 55.0 Å². The summed E-state index contributed by atoms with van der Waals surface area (Å²) in [7, 11) is 11.8. The van der Waals surface area contributed by atoms with Crippen LogP contribution in [0.1, 0.15) is 44.5 Å². The topological polar surface area (TPSA) is 64.6 Å². The van der Waals surface area contributed by atoms with E-state index in [2.05, 4.69) is 36.4 Å². The van der Waals surface area contributed by atoms with Gasteiger partial charge in [0.25, 0.3) is 0 Å². The molecule has 4 aromatic carbocycles. The molecular formula is C35H38O7S. The lowest BCUT2D eigenvalue weighted by Gasteiger charge is -2.26. The van der Waals surface area contributed by atoms with Gasteiger partial charge < -0.3 is 33.2 Å². The summed E-state index contributed by atoms with van der Waals surface area (Å²) in [5, 5.41) is -0.0953. The molecule has 0 bridgehead atoms. The van der Waals surface area contributed by atoms with Crippen molar-refractivity contribution in [3.63, 3.8) is 0 Å². The smallest absolute Gasteiger partial charge is 0.161 e. The summed E-state index contributed by atoms with van der Waals surface area (Å²) in [5.74, 6) is 5.90. The molecule has 0 aromatic heterocycles. The summed E-state index contributed by atoms with van der Waals surface area (Å²) in [6.07, 6.45) is 0.688. The SMILES string of the molecule is COc1ccc(CSC2c3cc(OC)cc(OC)c3C(c3ccc(OC)c(OC)c3)Cc3cc(OC)cc(OC)c32)cc1. The molecule has 0 fully saturated rings. The Hall–Kier alpha value is -4.17. The second kappa shape index (κ2) is 13.4. The van der Waals surface area contributed by atoms with E-state index in [1.807, 2.05) is 42.1 Å². The van der Waals surface area contributed by atoms with Crippen molar-refractivity contribution in [3.8, 4) is 40.2 Å². The molecule has 1 aliphatic rings. The van der Waals surface area contributed by atoms with Gasteiger partial charge in [-0.05, 0) is 65.1 Å². The number of rotatable bonds is 11. The molecule has 0 saturated carbocycles. The third kappa shape index (κ3) is 6.02. The number of fused-ring (bicyclic) bond motifs is 2. The van der Waals surface area contributed by atoms with Gasteiger partial charge in [-0.3, -0.25) is 0 Å². The van der Waals surface area contributed by atoms with Crippen molar-refractivity contribution in [1.82, 2.24) is 0 Å². The Kier molecular flexibility index (Phi) is 9.46. The average molecular weight is 603 g/mol. The number of methoxy groups -OCH3 is 7. The van der Waals surface area contributed by atoms with Gasteiger partial charge in [-0.2, -0.15) is 0 Å². The lowest BCUT2D eigenvalue weighted by Crippen LogP contribution is -2.09. The molecule has 43 heavy (non-hydrogen) atoms. The Bertz CT molecular complexity index is 1570. The Morgan fingerprint density at radius 3 is 1.77 bits per heavy atom. The monoisotopic (exact) mass is 602 g/mol. The summed E-state index contributed by atoms with van der Waals surface area (Å²) < 4.78 is 40.3. The van der Waals surface area contributed by atoms with Crippen LogP contribution in [0.15, 0.2) is 66.7 Å². The molecule has 4 aromatic rings. The van der Waals surface area contributed by atoms with Gasteiger partial charge in [-0.25, -0.2) is 0 Å². The number of hydrogen-bond donors (Lipinski definition) is 0. The van der Waals surface area contributed by atoms with Crippen molar-refractivity contribution >= 4 is 11.8 Å². The Morgan fingerprint density at radius 1 is 0.558 bits per heavy atom. The minimum atomic E-state index is -0.0953. The van der Waals surface area contributed by atoms with E-state index in [0.717, 1.165) is 62.3 Å². The van der Waals surface area contributed by atoms with E-state index in [1.165, 1.54) is 5.56 Å². The average Bonchev–Trinajstić information content (AvgIpc) is 3.20. The van der Waals surface area contributed by atoms with Crippen LogP contribution in [-0.4, -0.2) is 49.8 Å². The fourth-order valence-corrected chi connectivity index (χ4v) is 7.17.